The predicted molar refractivity (Wildman–Crippen MR) is 83.4 cm³/mol. The number of pyridine rings is 1. The van der Waals surface area contributed by atoms with Gasteiger partial charge in [-0.25, -0.2) is 9.97 Å². The van der Waals surface area contributed by atoms with Gasteiger partial charge in [-0.3, -0.25) is 0 Å². The van der Waals surface area contributed by atoms with Crippen LogP contribution in [0.1, 0.15) is 17.0 Å². The molecular formula is C17H19N3O. The van der Waals surface area contributed by atoms with E-state index in [-0.39, 0.29) is 0 Å². The highest BCUT2D eigenvalue weighted by atomic mass is 16.5. The number of benzene rings is 1. The Kier molecular flexibility index (Phi) is 3.97. The molecule has 0 N–H and O–H groups in total. The Balaban J connectivity index is 2.04. The molecule has 4 heteroatoms. The number of methoxy groups -OCH3 is 1. The minimum atomic E-state index is 0.664. The lowest BCUT2D eigenvalue weighted by molar-refractivity contribution is 0.200. The molecule has 4 nitrogen and oxygen atoms in total. The molecule has 2 heterocycles. The summed E-state index contributed by atoms with van der Waals surface area (Å²) in [6, 6.07) is 12.4. The Morgan fingerprint density at radius 2 is 2.00 bits per heavy atom. The Morgan fingerprint density at radius 3 is 2.81 bits per heavy atom. The highest BCUT2D eigenvalue weighted by Gasteiger charge is 2.12. The van der Waals surface area contributed by atoms with Crippen LogP contribution in [-0.4, -0.2) is 28.3 Å². The first-order chi connectivity index (χ1) is 10.3. The van der Waals surface area contributed by atoms with E-state index in [0.29, 0.717) is 6.61 Å². The zero-order chi connectivity index (χ0) is 14.7. The van der Waals surface area contributed by atoms with Crippen molar-refractivity contribution in [2.45, 2.75) is 19.9 Å². The van der Waals surface area contributed by atoms with Crippen molar-refractivity contribution in [2.24, 2.45) is 0 Å². The van der Waals surface area contributed by atoms with Crippen LogP contribution in [0.5, 0.6) is 0 Å². The van der Waals surface area contributed by atoms with Gasteiger partial charge < -0.3 is 9.30 Å². The number of nitrogens with zero attached hydrogens (tertiary/aromatic N) is 3. The van der Waals surface area contributed by atoms with Gasteiger partial charge in [0.15, 0.2) is 5.65 Å². The molecule has 0 bridgehead atoms. The Morgan fingerprint density at radius 1 is 1.14 bits per heavy atom. The molecule has 0 atom stereocenters. The molecule has 0 aliphatic heterocycles. The number of fused-ring (bicyclic) bond motifs is 1. The summed E-state index contributed by atoms with van der Waals surface area (Å²) in [7, 11) is 1.71. The number of hydrogen-bond acceptors (Lipinski definition) is 3. The van der Waals surface area contributed by atoms with Gasteiger partial charge in [-0.1, -0.05) is 24.3 Å². The molecule has 108 valence electrons. The monoisotopic (exact) mass is 281 g/mol. The number of hydrogen-bond donors (Lipinski definition) is 0. The van der Waals surface area contributed by atoms with E-state index in [2.05, 4.69) is 40.7 Å². The molecule has 0 spiro atoms. The van der Waals surface area contributed by atoms with Gasteiger partial charge in [-0.2, -0.15) is 0 Å². The van der Waals surface area contributed by atoms with Gasteiger partial charge in [-0.15, -0.1) is 0 Å². The van der Waals surface area contributed by atoms with Crippen LogP contribution in [0.25, 0.3) is 11.2 Å². The first-order valence-corrected chi connectivity index (χ1v) is 7.13. The van der Waals surface area contributed by atoms with E-state index in [0.717, 1.165) is 30.0 Å². The molecule has 0 fully saturated rings. The molecule has 21 heavy (non-hydrogen) atoms. The van der Waals surface area contributed by atoms with Crippen LogP contribution < -0.4 is 0 Å². The standard InChI is InChI=1S/C17H19N3O/c1-13-6-3-4-7-14(13)12-20-16(9-11-21-2)19-15-8-5-10-18-17(15)20/h3-8,10H,9,11-12H2,1-2H3. The lowest BCUT2D eigenvalue weighted by Gasteiger charge is -2.10. The molecule has 1 aromatic carbocycles. The molecule has 2 aromatic heterocycles. The zero-order valence-corrected chi connectivity index (χ0v) is 12.4. The van der Waals surface area contributed by atoms with Crippen molar-refractivity contribution >= 4 is 11.2 Å². The Bertz CT molecular complexity index is 749. The zero-order valence-electron chi connectivity index (χ0n) is 12.4. The van der Waals surface area contributed by atoms with Crippen LogP contribution >= 0.6 is 0 Å². The van der Waals surface area contributed by atoms with E-state index in [1.807, 2.05) is 18.3 Å². The number of ether oxygens (including phenoxy) is 1. The van der Waals surface area contributed by atoms with Crippen LogP contribution in [0, 0.1) is 6.92 Å². The van der Waals surface area contributed by atoms with Gasteiger partial charge in [-0.05, 0) is 30.2 Å². The second kappa shape index (κ2) is 6.06. The molecule has 0 unspecified atom stereocenters. The van der Waals surface area contributed by atoms with E-state index in [1.165, 1.54) is 11.1 Å². The normalized spacial score (nSPS) is 11.1. The van der Waals surface area contributed by atoms with Crippen molar-refractivity contribution in [1.82, 2.24) is 14.5 Å². The predicted octanol–water partition coefficient (Wildman–Crippen LogP) is 2.98. The van der Waals surface area contributed by atoms with Gasteiger partial charge >= 0.3 is 0 Å². The lowest BCUT2D eigenvalue weighted by Crippen LogP contribution is -2.09. The number of imidazole rings is 1. The van der Waals surface area contributed by atoms with E-state index in [9.17, 15) is 0 Å². The maximum Gasteiger partial charge on any atom is 0.160 e. The fraction of sp³-hybridized carbons (Fsp3) is 0.294. The van der Waals surface area contributed by atoms with E-state index < -0.39 is 0 Å². The summed E-state index contributed by atoms with van der Waals surface area (Å²) in [5.74, 6) is 1.02. The first kappa shape index (κ1) is 13.8. The van der Waals surface area contributed by atoms with Crippen molar-refractivity contribution in [3.8, 4) is 0 Å². The molecule has 0 aliphatic carbocycles. The largest absolute Gasteiger partial charge is 0.384 e. The molecule has 0 saturated carbocycles. The van der Waals surface area contributed by atoms with Crippen molar-refractivity contribution < 1.29 is 4.74 Å². The molecular weight excluding hydrogens is 262 g/mol. The summed E-state index contributed by atoms with van der Waals surface area (Å²) in [5.41, 5.74) is 4.46. The quantitative estimate of drug-likeness (QED) is 0.722. The van der Waals surface area contributed by atoms with Crippen LogP contribution in [-0.2, 0) is 17.7 Å². The van der Waals surface area contributed by atoms with Gasteiger partial charge in [0.1, 0.15) is 11.3 Å². The van der Waals surface area contributed by atoms with E-state index in [4.69, 9.17) is 9.72 Å². The molecule has 0 radical (unpaired) electrons. The van der Waals surface area contributed by atoms with Crippen molar-refractivity contribution in [3.63, 3.8) is 0 Å². The third-order valence-corrected chi connectivity index (χ3v) is 3.70. The number of aromatic nitrogens is 3. The lowest BCUT2D eigenvalue weighted by atomic mass is 10.1. The number of rotatable bonds is 5. The first-order valence-electron chi connectivity index (χ1n) is 7.13. The molecule has 0 aliphatic rings. The molecule has 0 amide bonds. The van der Waals surface area contributed by atoms with Gasteiger partial charge in [0.2, 0.25) is 0 Å². The second-order valence-electron chi connectivity index (χ2n) is 5.13. The summed E-state index contributed by atoms with van der Waals surface area (Å²) in [4.78, 5) is 9.19. The average Bonchev–Trinajstić information content (AvgIpc) is 2.85. The topological polar surface area (TPSA) is 39.9 Å². The summed E-state index contributed by atoms with van der Waals surface area (Å²) in [5, 5.41) is 0. The van der Waals surface area contributed by atoms with E-state index in [1.54, 1.807) is 7.11 Å². The summed E-state index contributed by atoms with van der Waals surface area (Å²) >= 11 is 0. The average molecular weight is 281 g/mol. The van der Waals surface area contributed by atoms with Crippen LogP contribution in [0.4, 0.5) is 0 Å². The minimum Gasteiger partial charge on any atom is -0.384 e. The minimum absolute atomic E-state index is 0.664. The molecule has 3 rings (SSSR count). The Labute approximate surface area is 124 Å². The van der Waals surface area contributed by atoms with Gasteiger partial charge in [0, 0.05) is 19.7 Å². The van der Waals surface area contributed by atoms with E-state index >= 15 is 0 Å². The SMILES string of the molecule is COCCc1nc2cccnc2n1Cc1ccccc1C. The highest BCUT2D eigenvalue weighted by molar-refractivity contribution is 5.71. The van der Waals surface area contributed by atoms with Crippen molar-refractivity contribution in [3.05, 3.63) is 59.5 Å². The summed E-state index contributed by atoms with van der Waals surface area (Å²) in [6.07, 6.45) is 2.61. The highest BCUT2D eigenvalue weighted by Crippen LogP contribution is 2.18. The fourth-order valence-corrected chi connectivity index (χ4v) is 2.51. The maximum absolute atomic E-state index is 5.20. The fourth-order valence-electron chi connectivity index (χ4n) is 2.51. The van der Waals surface area contributed by atoms with Crippen molar-refractivity contribution in [1.29, 1.82) is 0 Å². The second-order valence-corrected chi connectivity index (χ2v) is 5.13. The molecule has 3 aromatic rings. The number of aryl methyl sites for hydroxylation is 1. The Hall–Kier alpha value is -2.20. The van der Waals surface area contributed by atoms with Gasteiger partial charge in [0.05, 0.1) is 13.2 Å². The van der Waals surface area contributed by atoms with Crippen LogP contribution in [0.2, 0.25) is 0 Å². The smallest absolute Gasteiger partial charge is 0.160 e. The maximum atomic E-state index is 5.20. The van der Waals surface area contributed by atoms with Gasteiger partial charge in [0.25, 0.3) is 0 Å². The third kappa shape index (κ3) is 2.81. The van der Waals surface area contributed by atoms with Crippen LogP contribution in [0.3, 0.4) is 0 Å². The summed E-state index contributed by atoms with van der Waals surface area (Å²) in [6.45, 7) is 3.59. The third-order valence-electron chi connectivity index (χ3n) is 3.70. The van der Waals surface area contributed by atoms with Crippen molar-refractivity contribution in [2.75, 3.05) is 13.7 Å². The van der Waals surface area contributed by atoms with Crippen LogP contribution in [0.15, 0.2) is 42.6 Å². The summed E-state index contributed by atoms with van der Waals surface area (Å²) < 4.78 is 7.39. The molecule has 0 saturated heterocycles.